The molecule has 2 fully saturated rings. The number of carbonyl (C=O) groups excluding carboxylic acids is 1. The smallest absolute Gasteiger partial charge is 0.320 e. The molecule has 0 spiro atoms. The Morgan fingerprint density at radius 1 is 1.37 bits per heavy atom. The summed E-state index contributed by atoms with van der Waals surface area (Å²) < 4.78 is 0. The standard InChI is InChI=1S/C14H19N3O2/c18-8-11-9-4-5-10(7-9)13(11)17-14(19)16-12-3-1-2-6-15-12/h1-3,6,9-11,13,18H,4-5,7-8H2,(H2,15,16,17,19). The fraction of sp³-hybridized carbons (Fsp3) is 0.571. The van der Waals surface area contributed by atoms with Gasteiger partial charge in [-0.15, -0.1) is 0 Å². The maximum atomic E-state index is 12.0. The van der Waals surface area contributed by atoms with Crippen molar-refractivity contribution in [3.8, 4) is 0 Å². The number of hydrogen-bond acceptors (Lipinski definition) is 3. The van der Waals surface area contributed by atoms with E-state index in [0.29, 0.717) is 17.7 Å². The largest absolute Gasteiger partial charge is 0.396 e. The number of rotatable bonds is 3. The third-order valence-corrected chi connectivity index (χ3v) is 4.50. The number of hydrogen-bond donors (Lipinski definition) is 3. The van der Waals surface area contributed by atoms with Crippen LogP contribution in [0.1, 0.15) is 19.3 Å². The Hall–Kier alpha value is -1.62. The molecule has 2 aliphatic rings. The lowest BCUT2D eigenvalue weighted by Gasteiger charge is -2.30. The van der Waals surface area contributed by atoms with Crippen molar-refractivity contribution in [2.75, 3.05) is 11.9 Å². The molecule has 102 valence electrons. The molecule has 4 atom stereocenters. The first-order valence-electron chi connectivity index (χ1n) is 6.87. The van der Waals surface area contributed by atoms with Gasteiger partial charge in [0.2, 0.25) is 0 Å². The fourth-order valence-electron chi connectivity index (χ4n) is 3.64. The first-order valence-corrected chi connectivity index (χ1v) is 6.87. The van der Waals surface area contributed by atoms with Crippen LogP contribution in [0.15, 0.2) is 24.4 Å². The van der Waals surface area contributed by atoms with Crippen molar-refractivity contribution < 1.29 is 9.90 Å². The van der Waals surface area contributed by atoms with Gasteiger partial charge in [0.15, 0.2) is 0 Å². The normalized spacial score (nSPS) is 32.3. The highest BCUT2D eigenvalue weighted by Gasteiger charge is 2.47. The molecule has 3 N–H and O–H groups in total. The summed E-state index contributed by atoms with van der Waals surface area (Å²) in [5.41, 5.74) is 0. The average Bonchev–Trinajstić information content (AvgIpc) is 3.00. The predicted molar refractivity (Wildman–Crippen MR) is 71.6 cm³/mol. The van der Waals surface area contributed by atoms with Gasteiger partial charge in [-0.3, -0.25) is 5.32 Å². The van der Waals surface area contributed by atoms with E-state index < -0.39 is 0 Å². The molecule has 19 heavy (non-hydrogen) atoms. The SMILES string of the molecule is O=C(Nc1ccccn1)NC1C2CCC(C2)C1CO. The van der Waals surface area contributed by atoms with Crippen LogP contribution >= 0.6 is 0 Å². The van der Waals surface area contributed by atoms with Crippen LogP contribution in [0.5, 0.6) is 0 Å². The molecule has 2 bridgehead atoms. The third-order valence-electron chi connectivity index (χ3n) is 4.50. The van der Waals surface area contributed by atoms with Gasteiger partial charge >= 0.3 is 6.03 Å². The average molecular weight is 261 g/mol. The zero-order valence-electron chi connectivity index (χ0n) is 10.7. The number of amides is 2. The van der Waals surface area contributed by atoms with Gasteiger partial charge in [-0.05, 0) is 43.2 Å². The minimum absolute atomic E-state index is 0.104. The van der Waals surface area contributed by atoms with Crippen molar-refractivity contribution in [1.29, 1.82) is 0 Å². The molecule has 2 amide bonds. The number of anilines is 1. The lowest BCUT2D eigenvalue weighted by molar-refractivity contribution is 0.146. The van der Waals surface area contributed by atoms with E-state index >= 15 is 0 Å². The van der Waals surface area contributed by atoms with Crippen LogP contribution in [0, 0.1) is 17.8 Å². The summed E-state index contributed by atoms with van der Waals surface area (Å²) in [6.07, 6.45) is 5.13. The van der Waals surface area contributed by atoms with Crippen molar-refractivity contribution in [3.05, 3.63) is 24.4 Å². The molecule has 0 aromatic carbocycles. The van der Waals surface area contributed by atoms with Gasteiger partial charge in [-0.2, -0.15) is 0 Å². The van der Waals surface area contributed by atoms with Gasteiger partial charge in [-0.25, -0.2) is 9.78 Å². The van der Waals surface area contributed by atoms with Gasteiger partial charge in [0.05, 0.1) is 0 Å². The summed E-state index contributed by atoms with van der Waals surface area (Å²) in [7, 11) is 0. The van der Waals surface area contributed by atoms with E-state index in [1.54, 1.807) is 18.3 Å². The van der Waals surface area contributed by atoms with E-state index in [4.69, 9.17) is 0 Å². The summed E-state index contributed by atoms with van der Waals surface area (Å²) in [6.45, 7) is 0.162. The van der Waals surface area contributed by atoms with Gasteiger partial charge in [0, 0.05) is 24.8 Å². The molecule has 1 aromatic heterocycles. The van der Waals surface area contributed by atoms with Gasteiger partial charge in [0.1, 0.15) is 5.82 Å². The van der Waals surface area contributed by atoms with Crippen molar-refractivity contribution in [2.45, 2.75) is 25.3 Å². The Labute approximate surface area is 112 Å². The van der Waals surface area contributed by atoms with Gasteiger partial charge in [0.25, 0.3) is 0 Å². The lowest BCUT2D eigenvalue weighted by atomic mass is 9.85. The van der Waals surface area contributed by atoms with E-state index in [-0.39, 0.29) is 24.6 Å². The molecular weight excluding hydrogens is 242 g/mol. The molecular formula is C14H19N3O2. The summed E-state index contributed by atoms with van der Waals surface area (Å²) in [6, 6.07) is 5.27. The van der Waals surface area contributed by atoms with Crippen molar-refractivity contribution >= 4 is 11.8 Å². The maximum Gasteiger partial charge on any atom is 0.320 e. The van der Waals surface area contributed by atoms with E-state index in [0.717, 1.165) is 12.8 Å². The zero-order chi connectivity index (χ0) is 13.2. The number of aromatic nitrogens is 1. The van der Waals surface area contributed by atoms with Crippen LogP contribution in [0.3, 0.4) is 0 Å². The summed E-state index contributed by atoms with van der Waals surface area (Å²) in [4.78, 5) is 16.0. The van der Waals surface area contributed by atoms with E-state index in [1.807, 2.05) is 6.07 Å². The Morgan fingerprint density at radius 3 is 2.95 bits per heavy atom. The Balaban J connectivity index is 1.60. The number of fused-ring (bicyclic) bond motifs is 2. The molecule has 5 nitrogen and oxygen atoms in total. The molecule has 5 heteroatoms. The molecule has 0 aliphatic heterocycles. The number of carbonyl (C=O) groups is 1. The van der Waals surface area contributed by atoms with Crippen LogP contribution in [0.25, 0.3) is 0 Å². The van der Waals surface area contributed by atoms with Crippen molar-refractivity contribution in [1.82, 2.24) is 10.3 Å². The second-order valence-electron chi connectivity index (χ2n) is 5.52. The highest BCUT2D eigenvalue weighted by atomic mass is 16.3. The summed E-state index contributed by atoms with van der Waals surface area (Å²) in [5.74, 6) is 1.86. The van der Waals surface area contributed by atoms with E-state index in [9.17, 15) is 9.90 Å². The minimum Gasteiger partial charge on any atom is -0.396 e. The molecule has 1 heterocycles. The van der Waals surface area contributed by atoms with Gasteiger partial charge in [-0.1, -0.05) is 6.07 Å². The number of aliphatic hydroxyl groups is 1. The number of pyridine rings is 1. The lowest BCUT2D eigenvalue weighted by Crippen LogP contribution is -2.46. The topological polar surface area (TPSA) is 74.2 Å². The number of nitrogens with zero attached hydrogens (tertiary/aromatic N) is 1. The highest BCUT2D eigenvalue weighted by molar-refractivity contribution is 5.88. The van der Waals surface area contributed by atoms with Crippen LogP contribution in [0.2, 0.25) is 0 Å². The summed E-state index contributed by atoms with van der Waals surface area (Å²) >= 11 is 0. The first kappa shape index (κ1) is 12.4. The molecule has 1 aromatic rings. The van der Waals surface area contributed by atoms with Crippen LogP contribution in [-0.2, 0) is 0 Å². The maximum absolute atomic E-state index is 12.0. The fourth-order valence-corrected chi connectivity index (χ4v) is 3.64. The van der Waals surface area contributed by atoms with Crippen LogP contribution in [-0.4, -0.2) is 28.8 Å². The first-order chi connectivity index (χ1) is 9.28. The van der Waals surface area contributed by atoms with Gasteiger partial charge < -0.3 is 10.4 Å². The molecule has 0 radical (unpaired) electrons. The predicted octanol–water partition coefficient (Wildman–Crippen LogP) is 1.61. The second kappa shape index (κ2) is 5.17. The van der Waals surface area contributed by atoms with E-state index in [1.165, 1.54) is 6.42 Å². The molecule has 2 aliphatic carbocycles. The van der Waals surface area contributed by atoms with Crippen molar-refractivity contribution in [2.24, 2.45) is 17.8 Å². The molecule has 3 rings (SSSR count). The van der Waals surface area contributed by atoms with E-state index in [2.05, 4.69) is 15.6 Å². The Kier molecular flexibility index (Phi) is 3.38. The van der Waals surface area contributed by atoms with Crippen molar-refractivity contribution in [3.63, 3.8) is 0 Å². The number of aliphatic hydroxyl groups excluding tert-OH is 1. The quantitative estimate of drug-likeness (QED) is 0.774. The molecule has 0 saturated heterocycles. The number of urea groups is 1. The zero-order valence-corrected chi connectivity index (χ0v) is 10.7. The third kappa shape index (κ3) is 2.42. The molecule has 2 saturated carbocycles. The monoisotopic (exact) mass is 261 g/mol. The van der Waals surface area contributed by atoms with Crippen LogP contribution in [0.4, 0.5) is 10.6 Å². The highest BCUT2D eigenvalue weighted by Crippen LogP contribution is 2.48. The Morgan fingerprint density at radius 2 is 2.21 bits per heavy atom. The summed E-state index contributed by atoms with van der Waals surface area (Å²) in [5, 5.41) is 15.2. The molecule has 4 unspecified atom stereocenters. The second-order valence-corrected chi connectivity index (χ2v) is 5.52. The van der Waals surface area contributed by atoms with Crippen LogP contribution < -0.4 is 10.6 Å². The number of nitrogens with one attached hydrogen (secondary N) is 2. The minimum atomic E-state index is -0.227. The Bertz CT molecular complexity index is 451.